The van der Waals surface area contributed by atoms with Gasteiger partial charge in [0.25, 0.3) is 5.69 Å². The third-order valence-electron chi connectivity index (χ3n) is 4.12. The molecule has 3 aromatic rings. The SMILES string of the molecule is O=C(CCCn1c(=O)oc2cc([N+](=O)[O-])ccc21)OCCOc1ccc(Cl)cc1Cl. The number of nitro groups is 1. The van der Waals surface area contributed by atoms with Crippen molar-refractivity contribution in [3.05, 3.63) is 67.1 Å². The number of non-ortho nitro benzene ring substituents is 1. The molecule has 1 heterocycles. The van der Waals surface area contributed by atoms with Crippen LogP contribution < -0.4 is 10.5 Å². The summed E-state index contributed by atoms with van der Waals surface area (Å²) in [6.07, 6.45) is 0.405. The average Bonchev–Trinajstić information content (AvgIpc) is 3.01. The topological polar surface area (TPSA) is 114 Å². The lowest BCUT2D eigenvalue weighted by Crippen LogP contribution is -2.16. The van der Waals surface area contributed by atoms with Crippen LogP contribution >= 0.6 is 23.2 Å². The Hall–Kier alpha value is -3.04. The number of hydrogen-bond donors (Lipinski definition) is 0. The smallest absolute Gasteiger partial charge is 0.419 e. The Bertz CT molecular complexity index is 1140. The third-order valence-corrected chi connectivity index (χ3v) is 4.65. The van der Waals surface area contributed by atoms with Crippen molar-refractivity contribution in [2.75, 3.05) is 13.2 Å². The number of fused-ring (bicyclic) bond motifs is 1. The van der Waals surface area contributed by atoms with Crippen LogP contribution in [0.15, 0.2) is 45.6 Å². The number of rotatable bonds is 9. The monoisotopic (exact) mass is 454 g/mol. The quantitative estimate of drug-likeness (QED) is 0.206. The summed E-state index contributed by atoms with van der Waals surface area (Å²) in [5, 5.41) is 11.7. The van der Waals surface area contributed by atoms with Gasteiger partial charge in [0, 0.05) is 24.1 Å². The fourth-order valence-corrected chi connectivity index (χ4v) is 3.20. The molecule has 11 heteroatoms. The second-order valence-electron chi connectivity index (χ2n) is 6.18. The number of ether oxygens (including phenoxy) is 2. The van der Waals surface area contributed by atoms with Crippen LogP contribution in [-0.2, 0) is 16.1 Å². The molecule has 0 fully saturated rings. The molecule has 0 aliphatic heterocycles. The molecule has 0 aliphatic carbocycles. The molecule has 0 bridgehead atoms. The van der Waals surface area contributed by atoms with Gasteiger partial charge in [0.2, 0.25) is 0 Å². The van der Waals surface area contributed by atoms with Gasteiger partial charge in [-0.1, -0.05) is 23.2 Å². The molecule has 1 aromatic heterocycles. The fourth-order valence-electron chi connectivity index (χ4n) is 2.73. The Kier molecular flexibility index (Phi) is 6.96. The van der Waals surface area contributed by atoms with E-state index >= 15 is 0 Å². The second-order valence-corrected chi connectivity index (χ2v) is 7.02. The summed E-state index contributed by atoms with van der Waals surface area (Å²) in [6.45, 7) is 0.364. The van der Waals surface area contributed by atoms with Gasteiger partial charge < -0.3 is 13.9 Å². The molecule has 9 nitrogen and oxygen atoms in total. The normalized spacial score (nSPS) is 10.9. The van der Waals surface area contributed by atoms with Gasteiger partial charge in [0.1, 0.15) is 19.0 Å². The lowest BCUT2D eigenvalue weighted by molar-refractivity contribution is -0.384. The van der Waals surface area contributed by atoms with Gasteiger partial charge in [0.15, 0.2) is 5.58 Å². The number of oxazole rings is 1. The van der Waals surface area contributed by atoms with Crippen LogP contribution in [0.2, 0.25) is 10.0 Å². The van der Waals surface area contributed by atoms with E-state index in [-0.39, 0.29) is 37.4 Å². The van der Waals surface area contributed by atoms with Gasteiger partial charge in [0.05, 0.1) is 21.5 Å². The molecule has 0 unspecified atom stereocenters. The van der Waals surface area contributed by atoms with Crippen LogP contribution in [0.5, 0.6) is 5.75 Å². The van der Waals surface area contributed by atoms with E-state index in [4.69, 9.17) is 37.1 Å². The van der Waals surface area contributed by atoms with Crippen LogP contribution in [0, 0.1) is 10.1 Å². The summed E-state index contributed by atoms with van der Waals surface area (Å²) in [5.41, 5.74) is 0.371. The van der Waals surface area contributed by atoms with Crippen molar-refractivity contribution >= 4 is 46.0 Å². The Labute approximate surface area is 179 Å². The number of carbonyl (C=O) groups excluding carboxylic acids is 1. The molecular formula is C19H16Cl2N2O7. The fraction of sp³-hybridized carbons (Fsp3) is 0.263. The van der Waals surface area contributed by atoms with Crippen molar-refractivity contribution in [3.8, 4) is 5.75 Å². The lowest BCUT2D eigenvalue weighted by atomic mass is 10.2. The average molecular weight is 455 g/mol. The number of nitro benzene ring substituents is 1. The molecule has 0 aliphatic rings. The van der Waals surface area contributed by atoms with Gasteiger partial charge in [-0.15, -0.1) is 0 Å². The number of carbonyl (C=O) groups is 1. The molecule has 0 atom stereocenters. The molecule has 30 heavy (non-hydrogen) atoms. The Balaban J connectivity index is 1.45. The summed E-state index contributed by atoms with van der Waals surface area (Å²) in [4.78, 5) is 34.1. The van der Waals surface area contributed by atoms with E-state index in [1.54, 1.807) is 18.2 Å². The molecule has 0 N–H and O–H groups in total. The minimum Gasteiger partial charge on any atom is -0.488 e. The molecule has 158 valence electrons. The summed E-state index contributed by atoms with van der Waals surface area (Å²) in [5.74, 6) is -0.659. The van der Waals surface area contributed by atoms with Gasteiger partial charge >= 0.3 is 11.7 Å². The summed E-state index contributed by atoms with van der Waals surface area (Å²) in [6, 6.07) is 8.71. The highest BCUT2D eigenvalue weighted by Gasteiger charge is 2.14. The number of aryl methyl sites for hydroxylation is 1. The maximum absolute atomic E-state index is 12.0. The first kappa shape index (κ1) is 21.7. The van der Waals surface area contributed by atoms with Crippen molar-refractivity contribution < 1.29 is 23.6 Å². The summed E-state index contributed by atoms with van der Waals surface area (Å²) < 4.78 is 16.9. The van der Waals surface area contributed by atoms with E-state index in [9.17, 15) is 19.7 Å². The first-order valence-electron chi connectivity index (χ1n) is 8.86. The van der Waals surface area contributed by atoms with Gasteiger partial charge in [-0.05, 0) is 30.7 Å². The second kappa shape index (κ2) is 9.64. The standard InChI is InChI=1S/C19H16Cl2N2O7/c20-12-3-6-16(14(21)10-12)28-8-9-29-18(24)2-1-7-22-15-5-4-13(23(26)27)11-17(15)30-19(22)25/h3-6,10-11H,1-2,7-9H2. The predicted molar refractivity (Wildman–Crippen MR) is 109 cm³/mol. The Morgan fingerprint density at radius 1 is 1.17 bits per heavy atom. The summed E-state index contributed by atoms with van der Waals surface area (Å²) in [7, 11) is 0. The lowest BCUT2D eigenvalue weighted by Gasteiger charge is -2.09. The number of esters is 1. The van der Waals surface area contributed by atoms with Crippen LogP contribution in [0.3, 0.4) is 0 Å². The first-order valence-corrected chi connectivity index (χ1v) is 9.62. The zero-order valence-corrected chi connectivity index (χ0v) is 17.0. The van der Waals surface area contributed by atoms with Crippen LogP contribution in [0.25, 0.3) is 11.1 Å². The zero-order chi connectivity index (χ0) is 21.7. The number of hydrogen-bond acceptors (Lipinski definition) is 7. The predicted octanol–water partition coefficient (Wildman–Crippen LogP) is 4.21. The zero-order valence-electron chi connectivity index (χ0n) is 15.5. The van der Waals surface area contributed by atoms with Gasteiger partial charge in [-0.2, -0.15) is 0 Å². The van der Waals surface area contributed by atoms with E-state index < -0.39 is 16.6 Å². The van der Waals surface area contributed by atoms with E-state index in [0.29, 0.717) is 27.7 Å². The Morgan fingerprint density at radius 2 is 1.97 bits per heavy atom. The maximum Gasteiger partial charge on any atom is 0.419 e. The molecule has 0 saturated carbocycles. The van der Waals surface area contributed by atoms with Crippen LogP contribution in [-0.4, -0.2) is 28.7 Å². The first-order chi connectivity index (χ1) is 14.3. The molecule has 2 aromatic carbocycles. The van der Waals surface area contributed by atoms with Crippen molar-refractivity contribution in [3.63, 3.8) is 0 Å². The van der Waals surface area contributed by atoms with Gasteiger partial charge in [-0.3, -0.25) is 19.5 Å². The number of halogens is 2. The summed E-state index contributed by atoms with van der Waals surface area (Å²) >= 11 is 11.8. The highest BCUT2D eigenvalue weighted by molar-refractivity contribution is 6.35. The van der Waals surface area contributed by atoms with Crippen molar-refractivity contribution in [1.82, 2.24) is 4.57 Å². The number of aromatic nitrogens is 1. The van der Waals surface area contributed by atoms with Crippen LogP contribution in [0.1, 0.15) is 12.8 Å². The molecule has 0 spiro atoms. The highest BCUT2D eigenvalue weighted by Crippen LogP contribution is 2.27. The van der Waals surface area contributed by atoms with Crippen molar-refractivity contribution in [2.45, 2.75) is 19.4 Å². The number of benzene rings is 2. The van der Waals surface area contributed by atoms with Gasteiger partial charge in [-0.25, -0.2) is 4.79 Å². The highest BCUT2D eigenvalue weighted by atomic mass is 35.5. The van der Waals surface area contributed by atoms with Crippen molar-refractivity contribution in [1.29, 1.82) is 0 Å². The van der Waals surface area contributed by atoms with E-state index in [1.807, 2.05) is 0 Å². The largest absolute Gasteiger partial charge is 0.488 e. The van der Waals surface area contributed by atoms with E-state index in [1.165, 1.54) is 22.8 Å². The van der Waals surface area contributed by atoms with E-state index in [2.05, 4.69) is 0 Å². The maximum atomic E-state index is 12.0. The number of nitrogens with zero attached hydrogens (tertiary/aromatic N) is 2. The van der Waals surface area contributed by atoms with E-state index in [0.717, 1.165) is 0 Å². The molecule has 0 saturated heterocycles. The molecular weight excluding hydrogens is 439 g/mol. The minimum absolute atomic E-state index is 0.0377. The Morgan fingerprint density at radius 3 is 2.70 bits per heavy atom. The minimum atomic E-state index is -0.646. The third kappa shape index (κ3) is 5.31. The van der Waals surface area contributed by atoms with Crippen LogP contribution in [0.4, 0.5) is 5.69 Å². The molecule has 0 radical (unpaired) electrons. The molecule has 3 rings (SSSR count). The molecule has 0 amide bonds. The van der Waals surface area contributed by atoms with Crippen molar-refractivity contribution in [2.24, 2.45) is 0 Å².